The number of para-hydroxylation sites is 1. The van der Waals surface area contributed by atoms with E-state index in [2.05, 4.69) is 18.7 Å². The number of esters is 1. The summed E-state index contributed by atoms with van der Waals surface area (Å²) < 4.78 is 17.8. The van der Waals surface area contributed by atoms with Crippen molar-refractivity contribution in [2.45, 2.75) is 32.6 Å². The minimum absolute atomic E-state index is 0.192. The lowest BCUT2D eigenvalue weighted by Crippen LogP contribution is -2.15. The molecule has 4 rings (SSSR count). The second-order valence-electron chi connectivity index (χ2n) is 7.55. The van der Waals surface area contributed by atoms with Crippen LogP contribution in [0.15, 0.2) is 66.7 Å². The third-order valence-corrected chi connectivity index (χ3v) is 5.31. The topological polar surface area (TPSA) is 44.8 Å². The molecule has 1 aliphatic carbocycles. The van der Waals surface area contributed by atoms with Gasteiger partial charge in [0, 0.05) is 27.5 Å². The average molecular weight is 402 g/mol. The highest BCUT2D eigenvalue weighted by Gasteiger charge is 2.24. The van der Waals surface area contributed by atoms with E-state index >= 15 is 0 Å². The number of benzene rings is 3. The molecule has 0 fully saturated rings. The summed E-state index contributed by atoms with van der Waals surface area (Å²) in [5, 5.41) is 2.06. The zero-order valence-electron chi connectivity index (χ0n) is 17.3. The summed E-state index contributed by atoms with van der Waals surface area (Å²) in [5.74, 6) is 2.24. The first-order chi connectivity index (χ1) is 14.6. The Morgan fingerprint density at radius 2 is 1.47 bits per heavy atom. The summed E-state index contributed by atoms with van der Waals surface area (Å²) in [7, 11) is 0. The number of fused-ring (bicyclic) bond motifs is 2. The summed E-state index contributed by atoms with van der Waals surface area (Å²) in [6.07, 6.45) is 4.17. The summed E-state index contributed by atoms with van der Waals surface area (Å²) in [6, 6.07) is 18.1. The molecule has 0 bridgehead atoms. The van der Waals surface area contributed by atoms with Crippen LogP contribution in [0.4, 0.5) is 0 Å². The maximum Gasteiger partial charge on any atom is 0.333 e. The smallest absolute Gasteiger partial charge is 0.333 e. The first kappa shape index (κ1) is 20.0. The van der Waals surface area contributed by atoms with Crippen LogP contribution in [0.25, 0.3) is 10.8 Å². The van der Waals surface area contributed by atoms with E-state index < -0.39 is 5.97 Å². The van der Waals surface area contributed by atoms with Crippen LogP contribution in [0.5, 0.6) is 17.2 Å². The lowest BCUT2D eigenvalue weighted by atomic mass is 9.87. The van der Waals surface area contributed by atoms with Crippen molar-refractivity contribution in [3.05, 3.63) is 77.9 Å². The lowest BCUT2D eigenvalue weighted by Gasteiger charge is -2.25. The highest BCUT2D eigenvalue weighted by atomic mass is 16.6. The number of rotatable bonds is 7. The van der Waals surface area contributed by atoms with Gasteiger partial charge in [-0.2, -0.15) is 0 Å². The van der Waals surface area contributed by atoms with Crippen LogP contribution in [0, 0.1) is 0 Å². The van der Waals surface area contributed by atoms with E-state index in [0.29, 0.717) is 12.2 Å². The lowest BCUT2D eigenvalue weighted by molar-refractivity contribution is -0.139. The Morgan fingerprint density at radius 3 is 2.13 bits per heavy atom. The van der Waals surface area contributed by atoms with Crippen LogP contribution in [-0.2, 0) is 22.4 Å². The number of hydrogen-bond acceptors (Lipinski definition) is 4. The summed E-state index contributed by atoms with van der Waals surface area (Å²) in [6.45, 7) is 5.73. The van der Waals surface area contributed by atoms with E-state index in [4.69, 9.17) is 14.2 Å². The second kappa shape index (κ2) is 9.04. The van der Waals surface area contributed by atoms with Gasteiger partial charge in [-0.25, -0.2) is 4.79 Å². The van der Waals surface area contributed by atoms with E-state index in [1.54, 1.807) is 6.92 Å². The van der Waals surface area contributed by atoms with Crippen molar-refractivity contribution in [1.29, 1.82) is 0 Å². The molecule has 4 nitrogen and oxygen atoms in total. The molecule has 3 aromatic carbocycles. The van der Waals surface area contributed by atoms with Crippen LogP contribution < -0.4 is 9.47 Å². The van der Waals surface area contributed by atoms with Gasteiger partial charge < -0.3 is 14.2 Å². The first-order valence-electron chi connectivity index (χ1n) is 10.4. The normalized spacial score (nSPS) is 12.8. The van der Waals surface area contributed by atoms with E-state index in [0.717, 1.165) is 53.7 Å². The molecule has 0 radical (unpaired) electrons. The minimum atomic E-state index is -0.392. The van der Waals surface area contributed by atoms with Crippen molar-refractivity contribution in [2.24, 2.45) is 0 Å². The van der Waals surface area contributed by atoms with Crippen molar-refractivity contribution in [2.75, 3.05) is 13.2 Å². The molecule has 30 heavy (non-hydrogen) atoms. The number of carbonyl (C=O) groups excluding carboxylic acids is 1. The van der Waals surface area contributed by atoms with Gasteiger partial charge in [-0.05, 0) is 44.7 Å². The van der Waals surface area contributed by atoms with Crippen molar-refractivity contribution < 1.29 is 19.0 Å². The monoisotopic (exact) mass is 402 g/mol. The zero-order chi connectivity index (χ0) is 20.9. The molecule has 1 aliphatic rings. The quantitative estimate of drug-likeness (QED) is 0.276. The fourth-order valence-electron chi connectivity index (χ4n) is 3.90. The Labute approximate surface area is 177 Å². The third kappa shape index (κ3) is 4.18. The van der Waals surface area contributed by atoms with Gasteiger partial charge in [0.2, 0.25) is 0 Å². The minimum Gasteiger partial charge on any atom is -0.489 e. The Balaban J connectivity index is 1.70. The molecule has 0 N–H and O–H groups in total. The van der Waals surface area contributed by atoms with Gasteiger partial charge in [0.15, 0.2) is 0 Å². The van der Waals surface area contributed by atoms with E-state index in [9.17, 15) is 4.79 Å². The van der Waals surface area contributed by atoms with Gasteiger partial charge >= 0.3 is 5.97 Å². The van der Waals surface area contributed by atoms with E-state index in [-0.39, 0.29) is 6.61 Å². The fourth-order valence-corrected chi connectivity index (χ4v) is 3.90. The van der Waals surface area contributed by atoms with Crippen molar-refractivity contribution in [3.8, 4) is 17.2 Å². The summed E-state index contributed by atoms with van der Waals surface area (Å²) >= 11 is 0. The molecule has 0 atom stereocenters. The highest BCUT2D eigenvalue weighted by Crippen LogP contribution is 2.45. The molecule has 0 saturated heterocycles. The van der Waals surface area contributed by atoms with Crippen LogP contribution in [0.2, 0.25) is 0 Å². The number of hydrogen-bond donors (Lipinski definition) is 0. The van der Waals surface area contributed by atoms with Gasteiger partial charge in [0.1, 0.15) is 30.5 Å². The third-order valence-electron chi connectivity index (χ3n) is 5.31. The summed E-state index contributed by atoms with van der Waals surface area (Å²) in [4.78, 5) is 11.6. The SMILES string of the molecule is C=C(C)C(=O)OCCOc1c2c(c(Oc3ccccc3)c3ccccc13)CCCC2. The predicted octanol–water partition coefficient (Wildman–Crippen LogP) is 6.01. The maximum atomic E-state index is 11.6. The van der Waals surface area contributed by atoms with E-state index in [1.807, 2.05) is 42.5 Å². The van der Waals surface area contributed by atoms with Crippen molar-refractivity contribution >= 4 is 16.7 Å². The van der Waals surface area contributed by atoms with Gasteiger partial charge in [-0.1, -0.05) is 49.0 Å². The number of ether oxygens (including phenoxy) is 3. The zero-order valence-corrected chi connectivity index (χ0v) is 17.3. The van der Waals surface area contributed by atoms with Gasteiger partial charge in [-0.3, -0.25) is 0 Å². The molecule has 0 aromatic heterocycles. The fraction of sp³-hybridized carbons (Fsp3) is 0.269. The molecule has 0 amide bonds. The highest BCUT2D eigenvalue weighted by molar-refractivity contribution is 5.96. The van der Waals surface area contributed by atoms with Crippen LogP contribution in [-0.4, -0.2) is 19.2 Å². The van der Waals surface area contributed by atoms with E-state index in [1.165, 1.54) is 11.1 Å². The van der Waals surface area contributed by atoms with Crippen molar-refractivity contribution in [3.63, 3.8) is 0 Å². The van der Waals surface area contributed by atoms with Gasteiger partial charge in [0.25, 0.3) is 0 Å². The Morgan fingerprint density at radius 1 is 0.867 bits per heavy atom. The Hall–Kier alpha value is -3.27. The molecule has 0 heterocycles. The molecule has 0 spiro atoms. The van der Waals surface area contributed by atoms with Gasteiger partial charge in [-0.15, -0.1) is 0 Å². The number of carbonyl (C=O) groups is 1. The molecular weight excluding hydrogens is 376 g/mol. The Bertz CT molecular complexity index is 1070. The Kier molecular flexibility index (Phi) is 6.03. The largest absolute Gasteiger partial charge is 0.489 e. The molecule has 0 unspecified atom stereocenters. The second-order valence-corrected chi connectivity index (χ2v) is 7.55. The molecule has 4 heteroatoms. The summed E-state index contributed by atoms with van der Waals surface area (Å²) in [5.41, 5.74) is 2.81. The molecular formula is C26H26O4. The van der Waals surface area contributed by atoms with Crippen LogP contribution in [0.3, 0.4) is 0 Å². The molecule has 0 aliphatic heterocycles. The van der Waals surface area contributed by atoms with Crippen LogP contribution >= 0.6 is 0 Å². The van der Waals surface area contributed by atoms with Gasteiger partial charge in [0.05, 0.1) is 0 Å². The maximum absolute atomic E-state index is 11.6. The average Bonchev–Trinajstić information content (AvgIpc) is 2.78. The predicted molar refractivity (Wildman–Crippen MR) is 118 cm³/mol. The van der Waals surface area contributed by atoms with Crippen LogP contribution in [0.1, 0.15) is 30.9 Å². The standard InChI is InChI=1S/C26H26O4/c1-18(2)26(27)29-17-16-28-24-20-12-6-8-14-22(20)25(23-15-9-7-13-21(23)24)30-19-10-4-3-5-11-19/h3-6,8,10-12,14H,1,7,9,13,15-17H2,2H3. The molecule has 154 valence electrons. The molecule has 3 aromatic rings. The van der Waals surface area contributed by atoms with Crippen molar-refractivity contribution in [1.82, 2.24) is 0 Å². The first-order valence-corrected chi connectivity index (χ1v) is 10.4. The molecule has 0 saturated carbocycles.